The lowest BCUT2D eigenvalue weighted by molar-refractivity contribution is -0.138. The number of hydrogen-bond acceptors (Lipinski definition) is 5. The van der Waals surface area contributed by atoms with Crippen LogP contribution in [0.3, 0.4) is 0 Å². The van der Waals surface area contributed by atoms with Crippen molar-refractivity contribution in [2.45, 2.75) is 6.04 Å². The molecule has 0 fully saturated rings. The Balaban J connectivity index is 2.10. The first kappa shape index (κ1) is 18.5. The molecule has 6 nitrogen and oxygen atoms in total. The first-order valence-corrected chi connectivity index (χ1v) is 7.91. The van der Waals surface area contributed by atoms with Crippen LogP contribution in [0.1, 0.15) is 15.9 Å². The van der Waals surface area contributed by atoms with E-state index >= 15 is 0 Å². The Kier molecular flexibility index (Phi) is 5.77. The first-order valence-electron chi connectivity index (χ1n) is 7.91. The van der Waals surface area contributed by atoms with Crippen molar-refractivity contribution in [2.24, 2.45) is 5.73 Å². The number of anilines is 2. The number of carboxylic acid groups (broad SMARTS) is 1. The molecule has 0 aliphatic rings. The molecule has 132 valence electrons. The molecule has 0 unspecified atom stereocenters. The zero-order valence-electron chi connectivity index (χ0n) is 14.6. The molecule has 0 aliphatic carbocycles. The van der Waals surface area contributed by atoms with E-state index in [1.807, 2.05) is 43.3 Å². The minimum atomic E-state index is -1.04. The van der Waals surface area contributed by atoms with E-state index in [1.54, 1.807) is 36.2 Å². The minimum absolute atomic E-state index is 0.0539. The lowest BCUT2D eigenvalue weighted by atomic mass is 10.0. The van der Waals surface area contributed by atoms with E-state index in [2.05, 4.69) is 0 Å². The zero-order valence-corrected chi connectivity index (χ0v) is 14.6. The maximum absolute atomic E-state index is 12.6. The molecule has 0 amide bonds. The fraction of sp³-hybridized carbons (Fsp3) is 0.263. The largest absolute Gasteiger partial charge is 0.480 e. The van der Waals surface area contributed by atoms with Gasteiger partial charge in [-0.05, 0) is 48.5 Å². The van der Waals surface area contributed by atoms with E-state index in [9.17, 15) is 9.59 Å². The Morgan fingerprint density at radius 2 is 1.36 bits per heavy atom. The average molecular weight is 341 g/mol. The van der Waals surface area contributed by atoms with Crippen molar-refractivity contribution < 1.29 is 14.7 Å². The van der Waals surface area contributed by atoms with Gasteiger partial charge in [-0.15, -0.1) is 0 Å². The lowest BCUT2D eigenvalue weighted by Gasteiger charge is -2.21. The second-order valence-corrected chi connectivity index (χ2v) is 6.14. The summed E-state index contributed by atoms with van der Waals surface area (Å²) in [5.41, 5.74) is 8.58. The highest BCUT2D eigenvalue weighted by atomic mass is 16.4. The second-order valence-electron chi connectivity index (χ2n) is 6.14. The van der Waals surface area contributed by atoms with Crippen LogP contribution in [0.5, 0.6) is 0 Å². The van der Waals surface area contributed by atoms with Crippen LogP contribution in [-0.4, -0.2) is 50.6 Å². The summed E-state index contributed by atoms with van der Waals surface area (Å²) in [6.45, 7) is 0.189. The maximum atomic E-state index is 12.6. The standard InChI is InChI=1S/C19H23N3O3/c1-21(2)15-8-4-13(5-9-15)18(23)14-6-10-16(11-7-14)22(3)12-17(20)19(24)25/h4-11,17H,12,20H2,1-3H3,(H,24,25)/t17-/m1/s1. The summed E-state index contributed by atoms with van der Waals surface area (Å²) in [6, 6.07) is 13.5. The van der Waals surface area contributed by atoms with Gasteiger partial charge in [-0.25, -0.2) is 0 Å². The molecule has 2 aromatic carbocycles. The molecule has 0 aromatic heterocycles. The summed E-state index contributed by atoms with van der Waals surface area (Å²) in [6.07, 6.45) is 0. The van der Waals surface area contributed by atoms with Crippen molar-refractivity contribution >= 4 is 23.1 Å². The van der Waals surface area contributed by atoms with Crippen LogP contribution in [0.2, 0.25) is 0 Å². The number of hydrogen-bond donors (Lipinski definition) is 2. The molecule has 0 saturated heterocycles. The third kappa shape index (κ3) is 4.58. The van der Waals surface area contributed by atoms with Gasteiger partial charge in [-0.3, -0.25) is 9.59 Å². The van der Waals surface area contributed by atoms with E-state index in [0.29, 0.717) is 11.1 Å². The fourth-order valence-corrected chi connectivity index (χ4v) is 2.42. The molecule has 0 saturated carbocycles. The van der Waals surface area contributed by atoms with Crippen LogP contribution in [0.25, 0.3) is 0 Å². The second kappa shape index (κ2) is 7.81. The molecule has 2 aromatic rings. The maximum Gasteiger partial charge on any atom is 0.322 e. The third-order valence-corrected chi connectivity index (χ3v) is 4.00. The molecular weight excluding hydrogens is 318 g/mol. The van der Waals surface area contributed by atoms with Gasteiger partial charge in [-0.1, -0.05) is 0 Å². The van der Waals surface area contributed by atoms with Gasteiger partial charge in [0.05, 0.1) is 0 Å². The molecule has 1 atom stereocenters. The number of likely N-dealkylation sites (N-methyl/N-ethyl adjacent to an activating group) is 1. The highest BCUT2D eigenvalue weighted by Gasteiger charge is 2.15. The van der Waals surface area contributed by atoms with Crippen molar-refractivity contribution in [3.05, 3.63) is 59.7 Å². The van der Waals surface area contributed by atoms with Crippen molar-refractivity contribution in [1.82, 2.24) is 0 Å². The Labute approximate surface area is 147 Å². The predicted molar refractivity (Wildman–Crippen MR) is 99.5 cm³/mol. The number of rotatable bonds is 7. The summed E-state index contributed by atoms with van der Waals surface area (Å²) in [5.74, 6) is -1.10. The summed E-state index contributed by atoms with van der Waals surface area (Å²) < 4.78 is 0. The normalized spacial score (nSPS) is 11.7. The Hall–Kier alpha value is -2.86. The number of benzene rings is 2. The summed E-state index contributed by atoms with van der Waals surface area (Å²) in [7, 11) is 5.66. The molecule has 6 heteroatoms. The van der Waals surface area contributed by atoms with E-state index in [1.165, 1.54) is 0 Å². The van der Waals surface area contributed by atoms with Crippen LogP contribution in [0, 0.1) is 0 Å². The van der Waals surface area contributed by atoms with Gasteiger partial charge in [0.1, 0.15) is 6.04 Å². The molecule has 0 bridgehead atoms. The molecule has 25 heavy (non-hydrogen) atoms. The number of aliphatic carboxylic acids is 1. The number of carbonyl (C=O) groups is 2. The summed E-state index contributed by atoms with van der Waals surface area (Å²) in [4.78, 5) is 27.1. The molecule has 2 rings (SSSR count). The highest BCUT2D eigenvalue weighted by molar-refractivity contribution is 6.09. The Bertz CT molecular complexity index is 740. The third-order valence-electron chi connectivity index (χ3n) is 4.00. The van der Waals surface area contributed by atoms with Crippen LogP contribution >= 0.6 is 0 Å². The van der Waals surface area contributed by atoms with E-state index in [4.69, 9.17) is 10.8 Å². The van der Waals surface area contributed by atoms with Crippen molar-refractivity contribution in [3.8, 4) is 0 Å². The number of carbonyl (C=O) groups excluding carboxylic acids is 1. The number of carboxylic acids is 1. The van der Waals surface area contributed by atoms with Crippen molar-refractivity contribution in [1.29, 1.82) is 0 Å². The lowest BCUT2D eigenvalue weighted by Crippen LogP contribution is -2.41. The molecule has 0 spiro atoms. The average Bonchev–Trinajstić information content (AvgIpc) is 2.61. The van der Waals surface area contributed by atoms with E-state index in [0.717, 1.165) is 11.4 Å². The number of nitrogens with zero attached hydrogens (tertiary/aromatic N) is 2. The van der Waals surface area contributed by atoms with E-state index in [-0.39, 0.29) is 12.3 Å². The molecule has 3 N–H and O–H groups in total. The van der Waals surface area contributed by atoms with Crippen LogP contribution < -0.4 is 15.5 Å². The van der Waals surface area contributed by atoms with Gasteiger partial charge in [0, 0.05) is 50.2 Å². The van der Waals surface area contributed by atoms with Gasteiger partial charge < -0.3 is 20.6 Å². The van der Waals surface area contributed by atoms with Crippen LogP contribution in [0.4, 0.5) is 11.4 Å². The SMILES string of the molecule is CN(C)c1ccc(C(=O)c2ccc(N(C)C[C@@H](N)C(=O)O)cc2)cc1. The fourth-order valence-electron chi connectivity index (χ4n) is 2.42. The molecule has 0 radical (unpaired) electrons. The summed E-state index contributed by atoms with van der Waals surface area (Å²) >= 11 is 0. The molecule has 0 aliphatic heterocycles. The Morgan fingerprint density at radius 1 is 0.920 bits per heavy atom. The number of ketones is 1. The van der Waals surface area contributed by atoms with Crippen molar-refractivity contribution in [2.75, 3.05) is 37.5 Å². The van der Waals surface area contributed by atoms with Gasteiger partial charge in [-0.2, -0.15) is 0 Å². The van der Waals surface area contributed by atoms with E-state index < -0.39 is 12.0 Å². The first-order chi connectivity index (χ1) is 11.8. The van der Waals surface area contributed by atoms with Crippen LogP contribution in [-0.2, 0) is 4.79 Å². The van der Waals surface area contributed by atoms with Gasteiger partial charge in [0.2, 0.25) is 0 Å². The monoisotopic (exact) mass is 341 g/mol. The van der Waals surface area contributed by atoms with Crippen molar-refractivity contribution in [3.63, 3.8) is 0 Å². The zero-order chi connectivity index (χ0) is 18.6. The minimum Gasteiger partial charge on any atom is -0.480 e. The summed E-state index contributed by atoms with van der Waals surface area (Å²) in [5, 5.41) is 8.88. The van der Waals surface area contributed by atoms with Gasteiger partial charge in [0.25, 0.3) is 0 Å². The predicted octanol–water partition coefficient (Wildman–Crippen LogP) is 1.83. The quantitative estimate of drug-likeness (QED) is 0.747. The topological polar surface area (TPSA) is 86.9 Å². The smallest absolute Gasteiger partial charge is 0.322 e. The van der Waals surface area contributed by atoms with Gasteiger partial charge in [0.15, 0.2) is 5.78 Å². The molecule has 0 heterocycles. The Morgan fingerprint density at radius 3 is 1.76 bits per heavy atom. The van der Waals surface area contributed by atoms with Gasteiger partial charge >= 0.3 is 5.97 Å². The number of nitrogens with two attached hydrogens (primary N) is 1. The highest BCUT2D eigenvalue weighted by Crippen LogP contribution is 2.18. The van der Waals surface area contributed by atoms with Crippen LogP contribution in [0.15, 0.2) is 48.5 Å². The molecular formula is C19H23N3O3.